The summed E-state index contributed by atoms with van der Waals surface area (Å²) in [5, 5.41) is 2.95. The van der Waals surface area contributed by atoms with Crippen molar-refractivity contribution in [2.24, 2.45) is 5.92 Å². The average Bonchev–Trinajstić information content (AvgIpc) is 3.34. The lowest BCUT2D eigenvalue weighted by Gasteiger charge is -2.22. The molecule has 2 amide bonds. The van der Waals surface area contributed by atoms with E-state index in [9.17, 15) is 9.59 Å². The quantitative estimate of drug-likeness (QED) is 0.712. The minimum Gasteiger partial charge on any atom is -0.467 e. The van der Waals surface area contributed by atoms with E-state index in [1.807, 2.05) is 24.3 Å². The number of anilines is 1. The van der Waals surface area contributed by atoms with Crippen LogP contribution in [-0.4, -0.2) is 33.2 Å². The molecule has 1 atom stereocenters. The predicted octanol–water partition coefficient (Wildman–Crippen LogP) is 3.41. The fourth-order valence-electron chi connectivity index (χ4n) is 3.92. The Balaban J connectivity index is 1.25. The van der Waals surface area contributed by atoms with Crippen LogP contribution in [0.15, 0.2) is 41.0 Å². The van der Waals surface area contributed by atoms with Crippen LogP contribution in [0.4, 0.5) is 5.69 Å². The van der Waals surface area contributed by atoms with E-state index in [-0.39, 0.29) is 24.2 Å². The van der Waals surface area contributed by atoms with Crippen molar-refractivity contribution in [1.29, 1.82) is 0 Å². The van der Waals surface area contributed by atoms with E-state index in [1.54, 1.807) is 17.2 Å². The van der Waals surface area contributed by atoms with E-state index in [0.717, 1.165) is 28.3 Å². The zero-order valence-electron chi connectivity index (χ0n) is 15.5. The molecule has 2 fully saturated rings. The second-order valence-corrected chi connectivity index (χ2v) is 7.73. The van der Waals surface area contributed by atoms with Gasteiger partial charge in [0.1, 0.15) is 11.6 Å². The van der Waals surface area contributed by atoms with Gasteiger partial charge in [-0.1, -0.05) is 6.42 Å². The van der Waals surface area contributed by atoms with Crippen LogP contribution < -0.4 is 5.32 Å². The Morgan fingerprint density at radius 1 is 1.32 bits per heavy atom. The number of fused-ring (bicyclic) bond motifs is 1. The normalized spacial score (nSPS) is 19.9. The molecular weight excluding hydrogens is 356 g/mol. The fourth-order valence-corrected chi connectivity index (χ4v) is 3.92. The maximum Gasteiger partial charge on any atom is 0.229 e. The minimum atomic E-state index is -0.356. The summed E-state index contributed by atoms with van der Waals surface area (Å²) in [6, 6.07) is 9.33. The molecule has 1 aliphatic carbocycles. The molecule has 1 unspecified atom stereocenters. The molecule has 1 aliphatic heterocycles. The molecule has 0 radical (unpaired) electrons. The largest absolute Gasteiger partial charge is 0.467 e. The number of nitrogens with one attached hydrogen (secondary N) is 2. The van der Waals surface area contributed by atoms with Gasteiger partial charge in [-0.05, 0) is 43.2 Å². The number of H-pyrrole nitrogens is 1. The number of likely N-dealkylation sites (tertiary alicyclic amines) is 1. The lowest BCUT2D eigenvalue weighted by molar-refractivity contribution is -0.128. The number of nitrogens with zero attached hydrogens (tertiary/aromatic N) is 2. The number of aromatic nitrogens is 2. The average molecular weight is 378 g/mol. The van der Waals surface area contributed by atoms with Crippen LogP contribution in [0.1, 0.15) is 43.2 Å². The van der Waals surface area contributed by atoms with Crippen molar-refractivity contribution in [2.75, 3.05) is 11.9 Å². The van der Waals surface area contributed by atoms with Crippen LogP contribution in [0.25, 0.3) is 11.0 Å². The first-order chi connectivity index (χ1) is 13.7. The predicted molar refractivity (Wildman–Crippen MR) is 104 cm³/mol. The molecule has 3 aromatic rings. The van der Waals surface area contributed by atoms with E-state index in [4.69, 9.17) is 4.42 Å². The van der Waals surface area contributed by atoms with Gasteiger partial charge in [-0.3, -0.25) is 9.59 Å². The third kappa shape index (κ3) is 3.17. The summed E-state index contributed by atoms with van der Waals surface area (Å²) in [5.41, 5.74) is 2.57. The molecule has 144 valence electrons. The summed E-state index contributed by atoms with van der Waals surface area (Å²) in [6.07, 6.45) is 5.45. The molecule has 0 bridgehead atoms. The number of rotatable bonds is 5. The van der Waals surface area contributed by atoms with Gasteiger partial charge < -0.3 is 19.6 Å². The Morgan fingerprint density at radius 3 is 2.96 bits per heavy atom. The van der Waals surface area contributed by atoms with Crippen molar-refractivity contribution in [1.82, 2.24) is 14.9 Å². The summed E-state index contributed by atoms with van der Waals surface area (Å²) < 4.78 is 5.30. The van der Waals surface area contributed by atoms with Crippen LogP contribution in [-0.2, 0) is 16.1 Å². The third-order valence-electron chi connectivity index (χ3n) is 5.77. The van der Waals surface area contributed by atoms with Gasteiger partial charge in [-0.15, -0.1) is 0 Å². The van der Waals surface area contributed by atoms with Gasteiger partial charge in [0.25, 0.3) is 0 Å². The number of carbonyl (C=O) groups excluding carboxylic acids is 2. The van der Waals surface area contributed by atoms with Crippen molar-refractivity contribution >= 4 is 28.5 Å². The molecule has 1 aromatic carbocycles. The number of carbonyl (C=O) groups is 2. The molecule has 1 saturated carbocycles. The highest BCUT2D eigenvalue weighted by Gasteiger charge is 2.34. The smallest absolute Gasteiger partial charge is 0.229 e. The van der Waals surface area contributed by atoms with Gasteiger partial charge in [0.2, 0.25) is 11.8 Å². The first kappa shape index (κ1) is 17.0. The van der Waals surface area contributed by atoms with Gasteiger partial charge in [0, 0.05) is 24.6 Å². The Bertz CT molecular complexity index is 1020. The molecule has 7 nitrogen and oxygen atoms in total. The van der Waals surface area contributed by atoms with Crippen LogP contribution in [0, 0.1) is 5.92 Å². The molecule has 0 spiro atoms. The maximum absolute atomic E-state index is 12.7. The second kappa shape index (κ2) is 6.82. The SMILES string of the molecule is O=C(Nc1ccc2nc(C3CCC3)[nH]c2c1)C1CC(=O)N(Cc2ccco2)C1. The lowest BCUT2D eigenvalue weighted by atomic mass is 9.85. The molecule has 3 heterocycles. The highest BCUT2D eigenvalue weighted by atomic mass is 16.3. The van der Waals surface area contributed by atoms with Crippen LogP contribution in [0.3, 0.4) is 0 Å². The van der Waals surface area contributed by atoms with Crippen molar-refractivity contribution in [3.05, 3.63) is 48.2 Å². The third-order valence-corrected chi connectivity index (χ3v) is 5.77. The first-order valence-corrected chi connectivity index (χ1v) is 9.76. The number of hydrogen-bond acceptors (Lipinski definition) is 4. The van der Waals surface area contributed by atoms with Gasteiger partial charge in [-0.25, -0.2) is 4.98 Å². The maximum atomic E-state index is 12.7. The van der Waals surface area contributed by atoms with E-state index in [0.29, 0.717) is 19.0 Å². The fraction of sp³-hybridized carbons (Fsp3) is 0.381. The Hall–Kier alpha value is -3.09. The minimum absolute atomic E-state index is 0.0225. The van der Waals surface area contributed by atoms with E-state index >= 15 is 0 Å². The van der Waals surface area contributed by atoms with Crippen molar-refractivity contribution in [3.63, 3.8) is 0 Å². The van der Waals surface area contributed by atoms with E-state index < -0.39 is 0 Å². The molecule has 2 N–H and O–H groups in total. The Labute approximate surface area is 162 Å². The summed E-state index contributed by atoms with van der Waals surface area (Å²) >= 11 is 0. The molecule has 2 aliphatic rings. The number of aromatic amines is 1. The number of benzene rings is 1. The molecule has 28 heavy (non-hydrogen) atoms. The summed E-state index contributed by atoms with van der Waals surface area (Å²) in [6.45, 7) is 0.809. The van der Waals surface area contributed by atoms with Crippen LogP contribution >= 0.6 is 0 Å². The second-order valence-electron chi connectivity index (χ2n) is 7.73. The van der Waals surface area contributed by atoms with Crippen LogP contribution in [0.2, 0.25) is 0 Å². The van der Waals surface area contributed by atoms with Crippen LogP contribution in [0.5, 0.6) is 0 Å². The van der Waals surface area contributed by atoms with Crippen molar-refractivity contribution in [2.45, 2.75) is 38.1 Å². The summed E-state index contributed by atoms with van der Waals surface area (Å²) in [5.74, 6) is 1.79. The van der Waals surface area contributed by atoms with Gasteiger partial charge in [0.15, 0.2) is 0 Å². The number of furan rings is 1. The Kier molecular flexibility index (Phi) is 4.15. The molecule has 2 aromatic heterocycles. The molecule has 7 heteroatoms. The standard InChI is InChI=1S/C21H22N4O3/c26-19-9-14(11-25(19)12-16-5-2-8-28-16)21(27)22-15-6-7-17-18(10-15)24-20(23-17)13-3-1-4-13/h2,5-8,10,13-14H,1,3-4,9,11-12H2,(H,22,27)(H,23,24). The number of amides is 2. The summed E-state index contributed by atoms with van der Waals surface area (Å²) in [7, 11) is 0. The molecular formula is C21H22N4O3. The zero-order valence-corrected chi connectivity index (χ0v) is 15.5. The molecule has 1 saturated heterocycles. The van der Waals surface area contributed by atoms with Crippen molar-refractivity contribution in [3.8, 4) is 0 Å². The first-order valence-electron chi connectivity index (χ1n) is 9.76. The lowest BCUT2D eigenvalue weighted by Crippen LogP contribution is -2.27. The monoisotopic (exact) mass is 378 g/mol. The number of imidazole rings is 1. The highest BCUT2D eigenvalue weighted by molar-refractivity contribution is 5.98. The van der Waals surface area contributed by atoms with Crippen molar-refractivity contribution < 1.29 is 14.0 Å². The van der Waals surface area contributed by atoms with Gasteiger partial charge in [-0.2, -0.15) is 0 Å². The highest BCUT2D eigenvalue weighted by Crippen LogP contribution is 2.35. The zero-order chi connectivity index (χ0) is 19.1. The number of hydrogen-bond donors (Lipinski definition) is 2. The van der Waals surface area contributed by atoms with Gasteiger partial charge >= 0.3 is 0 Å². The topological polar surface area (TPSA) is 91.2 Å². The Morgan fingerprint density at radius 2 is 2.21 bits per heavy atom. The van der Waals surface area contributed by atoms with E-state index in [1.165, 1.54) is 19.3 Å². The molecule has 5 rings (SSSR count). The summed E-state index contributed by atoms with van der Waals surface area (Å²) in [4.78, 5) is 34.6. The van der Waals surface area contributed by atoms with E-state index in [2.05, 4.69) is 15.3 Å². The van der Waals surface area contributed by atoms with Gasteiger partial charge in [0.05, 0.1) is 29.8 Å².